The molecule has 1 aromatic heterocycles. The van der Waals surface area contributed by atoms with Crippen molar-refractivity contribution in [2.45, 2.75) is 32.4 Å². The molecule has 0 radical (unpaired) electrons. The maximum absolute atomic E-state index is 12.3. The van der Waals surface area contributed by atoms with Gasteiger partial charge in [-0.1, -0.05) is 30.3 Å². The van der Waals surface area contributed by atoms with Gasteiger partial charge in [0.15, 0.2) is 0 Å². The zero-order chi connectivity index (χ0) is 17.6. The number of nitrogens with one attached hydrogen (secondary N) is 2. The van der Waals surface area contributed by atoms with Crippen molar-refractivity contribution < 1.29 is 9.59 Å². The molecule has 1 aliphatic heterocycles. The summed E-state index contributed by atoms with van der Waals surface area (Å²) in [7, 11) is 0. The molecule has 5 nitrogen and oxygen atoms in total. The second kappa shape index (κ2) is 8.16. The Morgan fingerprint density at radius 1 is 1.24 bits per heavy atom. The molecule has 0 spiro atoms. The van der Waals surface area contributed by atoms with E-state index in [-0.39, 0.29) is 18.0 Å². The van der Waals surface area contributed by atoms with Crippen LogP contribution in [0.2, 0.25) is 0 Å². The molecule has 3 rings (SSSR count). The summed E-state index contributed by atoms with van der Waals surface area (Å²) >= 11 is 1.76. The lowest BCUT2D eigenvalue weighted by atomic mass is 10.1. The van der Waals surface area contributed by atoms with Gasteiger partial charge in [0.05, 0.1) is 6.04 Å². The number of carbonyl (C=O) groups excluding carboxylic acids is 2. The van der Waals surface area contributed by atoms with Gasteiger partial charge in [0, 0.05) is 30.9 Å². The van der Waals surface area contributed by atoms with Crippen LogP contribution in [0.1, 0.15) is 35.4 Å². The van der Waals surface area contributed by atoms with Gasteiger partial charge in [0.1, 0.15) is 0 Å². The maximum Gasteiger partial charge on any atom is 0.315 e. The van der Waals surface area contributed by atoms with Crippen molar-refractivity contribution in [1.82, 2.24) is 15.5 Å². The number of urea groups is 1. The number of rotatable bonds is 5. The molecule has 3 amide bonds. The molecular weight excluding hydrogens is 334 g/mol. The summed E-state index contributed by atoms with van der Waals surface area (Å²) in [6.45, 7) is 3.74. The van der Waals surface area contributed by atoms with Crippen molar-refractivity contribution in [3.63, 3.8) is 0 Å². The quantitative estimate of drug-likeness (QED) is 0.864. The molecular formula is C19H23N3O2S. The molecule has 132 valence electrons. The zero-order valence-corrected chi connectivity index (χ0v) is 15.1. The average molecular weight is 357 g/mol. The Bertz CT molecular complexity index is 729. The molecule has 0 fully saturated rings. The number of carbonyl (C=O) groups is 2. The van der Waals surface area contributed by atoms with Gasteiger partial charge in [0.25, 0.3) is 0 Å². The van der Waals surface area contributed by atoms with Crippen LogP contribution >= 0.6 is 11.3 Å². The van der Waals surface area contributed by atoms with Gasteiger partial charge in [0.2, 0.25) is 5.91 Å². The molecule has 0 bridgehead atoms. The monoisotopic (exact) mass is 357 g/mol. The second-order valence-electron chi connectivity index (χ2n) is 6.22. The van der Waals surface area contributed by atoms with Crippen LogP contribution in [0.15, 0.2) is 41.8 Å². The lowest BCUT2D eigenvalue weighted by Gasteiger charge is -2.27. The third-order valence-electron chi connectivity index (χ3n) is 4.43. The third kappa shape index (κ3) is 4.60. The highest BCUT2D eigenvalue weighted by Gasteiger charge is 2.21. The van der Waals surface area contributed by atoms with Gasteiger partial charge in [-0.2, -0.15) is 0 Å². The predicted molar refractivity (Wildman–Crippen MR) is 99.4 cm³/mol. The number of hydrogen-bond acceptors (Lipinski definition) is 3. The van der Waals surface area contributed by atoms with Crippen LogP contribution in [0.25, 0.3) is 0 Å². The summed E-state index contributed by atoms with van der Waals surface area (Å²) in [6.07, 6.45) is 1.26. The summed E-state index contributed by atoms with van der Waals surface area (Å²) in [5.74, 6) is 0.0910. The largest absolute Gasteiger partial charge is 0.338 e. The van der Waals surface area contributed by atoms with Gasteiger partial charge in [-0.3, -0.25) is 4.79 Å². The van der Waals surface area contributed by atoms with Gasteiger partial charge in [-0.15, -0.1) is 11.3 Å². The highest BCUT2D eigenvalue weighted by Crippen LogP contribution is 2.24. The fraction of sp³-hybridized carbons (Fsp3) is 0.368. The van der Waals surface area contributed by atoms with Crippen LogP contribution < -0.4 is 10.6 Å². The molecule has 0 aliphatic carbocycles. The standard InChI is InChI=1S/C19H23N3O2S/c1-14(15-5-3-2-4-6-15)21-19(24)20-10-7-18(23)22-11-8-17-16(13-22)9-12-25-17/h2-6,9,12,14H,7-8,10-11,13H2,1H3,(H2,20,21,24). The average Bonchev–Trinajstić information content (AvgIpc) is 3.10. The first-order valence-corrected chi connectivity index (χ1v) is 9.44. The first-order chi connectivity index (χ1) is 12.1. The maximum atomic E-state index is 12.3. The summed E-state index contributed by atoms with van der Waals surface area (Å²) < 4.78 is 0. The summed E-state index contributed by atoms with van der Waals surface area (Å²) in [6, 6.07) is 11.6. The molecule has 1 aromatic carbocycles. The van der Waals surface area contributed by atoms with Crippen molar-refractivity contribution >= 4 is 23.3 Å². The van der Waals surface area contributed by atoms with E-state index < -0.39 is 0 Å². The van der Waals surface area contributed by atoms with E-state index in [1.807, 2.05) is 42.2 Å². The van der Waals surface area contributed by atoms with Crippen molar-refractivity contribution in [2.24, 2.45) is 0 Å². The molecule has 1 atom stereocenters. The lowest BCUT2D eigenvalue weighted by molar-refractivity contribution is -0.131. The van der Waals surface area contributed by atoms with E-state index in [1.54, 1.807) is 11.3 Å². The summed E-state index contributed by atoms with van der Waals surface area (Å²) in [5, 5.41) is 7.74. The Hall–Kier alpha value is -2.34. The number of benzene rings is 1. The minimum Gasteiger partial charge on any atom is -0.338 e. The minimum atomic E-state index is -0.247. The fourth-order valence-electron chi connectivity index (χ4n) is 2.98. The molecule has 6 heteroatoms. The van der Waals surface area contributed by atoms with E-state index in [1.165, 1.54) is 10.4 Å². The molecule has 25 heavy (non-hydrogen) atoms. The van der Waals surface area contributed by atoms with Crippen LogP contribution in [0, 0.1) is 0 Å². The van der Waals surface area contributed by atoms with E-state index >= 15 is 0 Å². The Morgan fingerprint density at radius 3 is 2.84 bits per heavy atom. The highest BCUT2D eigenvalue weighted by atomic mass is 32.1. The van der Waals surface area contributed by atoms with E-state index in [4.69, 9.17) is 0 Å². The Kier molecular flexibility index (Phi) is 5.71. The van der Waals surface area contributed by atoms with Gasteiger partial charge < -0.3 is 15.5 Å². The topological polar surface area (TPSA) is 61.4 Å². The molecule has 1 aliphatic rings. The number of hydrogen-bond donors (Lipinski definition) is 2. The lowest BCUT2D eigenvalue weighted by Crippen LogP contribution is -2.40. The molecule has 0 saturated heterocycles. The number of nitrogens with zero attached hydrogens (tertiary/aromatic N) is 1. The molecule has 1 unspecified atom stereocenters. The predicted octanol–water partition coefficient (Wildman–Crippen LogP) is 3.08. The molecule has 2 heterocycles. The fourth-order valence-corrected chi connectivity index (χ4v) is 3.86. The van der Waals surface area contributed by atoms with Crippen molar-refractivity contribution in [1.29, 1.82) is 0 Å². The van der Waals surface area contributed by atoms with Crippen molar-refractivity contribution in [3.05, 3.63) is 57.8 Å². The SMILES string of the molecule is CC(NC(=O)NCCC(=O)N1CCc2sccc2C1)c1ccccc1. The van der Waals surface area contributed by atoms with E-state index in [2.05, 4.69) is 22.1 Å². The Morgan fingerprint density at radius 2 is 2.04 bits per heavy atom. The number of fused-ring (bicyclic) bond motifs is 1. The Balaban J connectivity index is 1.39. The van der Waals surface area contributed by atoms with E-state index in [9.17, 15) is 9.59 Å². The van der Waals surface area contributed by atoms with E-state index in [0.717, 1.165) is 18.5 Å². The first kappa shape index (κ1) is 17.5. The number of thiophene rings is 1. The molecule has 0 saturated carbocycles. The summed E-state index contributed by atoms with van der Waals surface area (Å²) in [4.78, 5) is 27.5. The Labute approximate surface area is 152 Å². The molecule has 2 aromatic rings. The first-order valence-electron chi connectivity index (χ1n) is 8.56. The van der Waals surface area contributed by atoms with Crippen LogP contribution in [-0.4, -0.2) is 29.9 Å². The highest BCUT2D eigenvalue weighted by molar-refractivity contribution is 7.10. The van der Waals surface area contributed by atoms with Crippen LogP contribution in [0.4, 0.5) is 4.79 Å². The van der Waals surface area contributed by atoms with Gasteiger partial charge in [-0.05, 0) is 35.9 Å². The number of amides is 3. The second-order valence-corrected chi connectivity index (χ2v) is 7.22. The summed E-state index contributed by atoms with van der Waals surface area (Å²) in [5.41, 5.74) is 2.31. The minimum absolute atomic E-state index is 0.0731. The van der Waals surface area contributed by atoms with Crippen LogP contribution in [0.5, 0.6) is 0 Å². The smallest absolute Gasteiger partial charge is 0.315 e. The van der Waals surface area contributed by atoms with E-state index in [0.29, 0.717) is 19.5 Å². The van der Waals surface area contributed by atoms with Gasteiger partial charge in [-0.25, -0.2) is 4.79 Å². The molecule has 2 N–H and O–H groups in total. The third-order valence-corrected chi connectivity index (χ3v) is 5.45. The normalized spacial score (nSPS) is 14.5. The zero-order valence-electron chi connectivity index (χ0n) is 14.3. The van der Waals surface area contributed by atoms with Crippen LogP contribution in [-0.2, 0) is 17.8 Å². The van der Waals surface area contributed by atoms with Crippen molar-refractivity contribution in [2.75, 3.05) is 13.1 Å². The van der Waals surface area contributed by atoms with Crippen molar-refractivity contribution in [3.8, 4) is 0 Å². The van der Waals surface area contributed by atoms with Gasteiger partial charge >= 0.3 is 6.03 Å². The van der Waals surface area contributed by atoms with Crippen LogP contribution in [0.3, 0.4) is 0 Å².